The molecule has 0 aromatic heterocycles. The number of carboxylic acids is 2. The zero-order valence-corrected chi connectivity index (χ0v) is 17.1. The smallest absolute Gasteiger partial charge is 0.320 e. The number of nitrogens with one attached hydrogen (secondary N) is 1. The Morgan fingerprint density at radius 2 is 1.76 bits per heavy atom. The molecular weight excluding hydrogens is 406 g/mol. The number of hydrogen-bond acceptors (Lipinski definition) is 9. The lowest BCUT2D eigenvalue weighted by Crippen LogP contribution is -2.46. The van der Waals surface area contributed by atoms with E-state index in [-0.39, 0.29) is 51.0 Å². The summed E-state index contributed by atoms with van der Waals surface area (Å²) < 4.78 is 4.88. The van der Waals surface area contributed by atoms with Gasteiger partial charge in [-0.15, -0.1) is 0 Å². The van der Waals surface area contributed by atoms with Gasteiger partial charge in [-0.2, -0.15) is 11.8 Å². The molecule has 0 bridgehead atoms. The summed E-state index contributed by atoms with van der Waals surface area (Å²) in [4.78, 5) is 57.3. The second kappa shape index (κ2) is 14.8. The fourth-order valence-corrected chi connectivity index (χ4v) is 3.47. The van der Waals surface area contributed by atoms with E-state index >= 15 is 0 Å². The van der Waals surface area contributed by atoms with Gasteiger partial charge in [0, 0.05) is 23.8 Å². The number of carboxylic acid groups (broad SMARTS) is 2. The Hall–Kier alpha value is -2.18. The fourth-order valence-electron chi connectivity index (χ4n) is 2.20. The number of Topliss-reactive ketones (excluding diaryl/α,β-unsaturated/α-hetero) is 1. The quantitative estimate of drug-likeness (QED) is 0.188. The van der Waals surface area contributed by atoms with Gasteiger partial charge in [-0.25, -0.2) is 0 Å². The standard InChI is InChI=1S/C17H29N3O8S/c1-2-28-16(25)7-10(3-6-15(23)24)29-9-12(13(21)8-18)20-14(22)5-4-11(19)17(26)27/h10-12H,2-9,18-19H2,1H3,(H,20,22)(H,23,24)(H,26,27). The highest BCUT2D eigenvalue weighted by Gasteiger charge is 2.24. The molecule has 0 rings (SSSR count). The van der Waals surface area contributed by atoms with Crippen molar-refractivity contribution in [2.75, 3.05) is 18.9 Å². The number of nitrogens with two attached hydrogens (primary N) is 2. The Morgan fingerprint density at radius 1 is 1.10 bits per heavy atom. The number of thioether (sulfide) groups is 1. The van der Waals surface area contributed by atoms with E-state index < -0.39 is 46.9 Å². The average molecular weight is 435 g/mol. The molecule has 0 aliphatic carbocycles. The number of esters is 1. The summed E-state index contributed by atoms with van der Waals surface area (Å²) >= 11 is 1.17. The topological polar surface area (TPSA) is 199 Å². The van der Waals surface area contributed by atoms with Gasteiger partial charge in [0.2, 0.25) is 5.91 Å². The van der Waals surface area contributed by atoms with E-state index in [9.17, 15) is 24.0 Å². The number of carbonyl (C=O) groups excluding carboxylic acids is 3. The van der Waals surface area contributed by atoms with E-state index in [0.29, 0.717) is 0 Å². The van der Waals surface area contributed by atoms with Crippen molar-refractivity contribution >= 4 is 41.4 Å². The molecule has 0 saturated heterocycles. The van der Waals surface area contributed by atoms with Gasteiger partial charge in [0.1, 0.15) is 6.04 Å². The van der Waals surface area contributed by atoms with Crippen molar-refractivity contribution in [3.05, 3.63) is 0 Å². The lowest BCUT2D eigenvalue weighted by atomic mass is 10.1. The molecule has 0 aromatic carbocycles. The van der Waals surface area contributed by atoms with Gasteiger partial charge in [0.25, 0.3) is 0 Å². The number of rotatable bonds is 16. The van der Waals surface area contributed by atoms with Gasteiger partial charge < -0.3 is 31.7 Å². The molecule has 0 aromatic rings. The Kier molecular flexibility index (Phi) is 13.7. The van der Waals surface area contributed by atoms with E-state index in [0.717, 1.165) is 0 Å². The normalized spacial score (nSPS) is 13.8. The predicted molar refractivity (Wildman–Crippen MR) is 105 cm³/mol. The van der Waals surface area contributed by atoms with E-state index in [2.05, 4.69) is 5.32 Å². The molecule has 0 aliphatic heterocycles. The highest BCUT2D eigenvalue weighted by Crippen LogP contribution is 2.22. The van der Waals surface area contributed by atoms with Crippen LogP contribution in [0.25, 0.3) is 0 Å². The average Bonchev–Trinajstić information content (AvgIpc) is 2.66. The van der Waals surface area contributed by atoms with Crippen LogP contribution in [0.3, 0.4) is 0 Å². The van der Waals surface area contributed by atoms with Crippen LogP contribution in [0.5, 0.6) is 0 Å². The van der Waals surface area contributed by atoms with Crippen LogP contribution in [-0.2, 0) is 28.7 Å². The Morgan fingerprint density at radius 3 is 2.28 bits per heavy atom. The first-order valence-corrected chi connectivity index (χ1v) is 10.1. The van der Waals surface area contributed by atoms with Crippen molar-refractivity contribution in [3.8, 4) is 0 Å². The lowest BCUT2D eigenvalue weighted by molar-refractivity contribution is -0.143. The van der Waals surface area contributed by atoms with Gasteiger partial charge in [0.15, 0.2) is 5.78 Å². The number of carbonyl (C=O) groups is 5. The molecule has 12 heteroatoms. The summed E-state index contributed by atoms with van der Waals surface area (Å²) in [5.74, 6) is -3.65. The molecule has 0 spiro atoms. The van der Waals surface area contributed by atoms with Gasteiger partial charge in [-0.05, 0) is 19.8 Å². The van der Waals surface area contributed by atoms with Crippen LogP contribution >= 0.6 is 11.8 Å². The minimum atomic E-state index is -1.23. The van der Waals surface area contributed by atoms with Crippen LogP contribution in [-0.4, -0.2) is 76.0 Å². The van der Waals surface area contributed by atoms with E-state index in [1.807, 2.05) is 0 Å². The maximum absolute atomic E-state index is 12.0. The van der Waals surface area contributed by atoms with Crippen molar-refractivity contribution < 1.29 is 38.9 Å². The summed E-state index contributed by atoms with van der Waals surface area (Å²) in [5.41, 5.74) is 10.7. The molecule has 7 N–H and O–H groups in total. The predicted octanol–water partition coefficient (Wildman–Crippen LogP) is -0.889. The SMILES string of the molecule is CCOC(=O)CC(CCC(=O)O)SCC(NC(=O)CCC(N)C(=O)O)C(=O)CN. The monoisotopic (exact) mass is 435 g/mol. The van der Waals surface area contributed by atoms with Gasteiger partial charge in [-0.3, -0.25) is 24.0 Å². The Bertz CT molecular complexity index is 587. The molecule has 3 atom stereocenters. The molecule has 0 fully saturated rings. The molecular formula is C17H29N3O8S. The summed E-state index contributed by atoms with van der Waals surface area (Å²) in [7, 11) is 0. The summed E-state index contributed by atoms with van der Waals surface area (Å²) in [6.07, 6.45) is -0.286. The highest BCUT2D eigenvalue weighted by atomic mass is 32.2. The number of amides is 1. The van der Waals surface area contributed by atoms with Crippen LogP contribution in [0, 0.1) is 0 Å². The molecule has 0 aliphatic rings. The molecule has 11 nitrogen and oxygen atoms in total. The van der Waals surface area contributed by atoms with E-state index in [4.69, 9.17) is 26.4 Å². The maximum atomic E-state index is 12.0. The zero-order chi connectivity index (χ0) is 22.4. The zero-order valence-electron chi connectivity index (χ0n) is 16.3. The molecule has 0 saturated carbocycles. The molecule has 1 amide bonds. The van der Waals surface area contributed by atoms with Crippen LogP contribution in [0.1, 0.15) is 39.0 Å². The van der Waals surface area contributed by atoms with Crippen molar-refractivity contribution in [2.24, 2.45) is 11.5 Å². The summed E-state index contributed by atoms with van der Waals surface area (Å²) in [5, 5.41) is 19.7. The van der Waals surface area contributed by atoms with Crippen LogP contribution in [0.15, 0.2) is 0 Å². The molecule has 166 valence electrons. The Labute approximate surface area is 172 Å². The van der Waals surface area contributed by atoms with Gasteiger partial charge >= 0.3 is 17.9 Å². The minimum absolute atomic E-state index is 0.0310. The molecule has 29 heavy (non-hydrogen) atoms. The number of aliphatic carboxylic acids is 2. The molecule has 0 heterocycles. The lowest BCUT2D eigenvalue weighted by Gasteiger charge is -2.21. The minimum Gasteiger partial charge on any atom is -0.481 e. The third-order valence-corrected chi connectivity index (χ3v) is 5.20. The largest absolute Gasteiger partial charge is 0.481 e. The Balaban J connectivity index is 4.86. The fraction of sp³-hybridized carbons (Fsp3) is 0.706. The number of ketones is 1. The second-order valence-electron chi connectivity index (χ2n) is 6.17. The van der Waals surface area contributed by atoms with E-state index in [1.54, 1.807) is 6.92 Å². The summed E-state index contributed by atoms with van der Waals surface area (Å²) in [6.45, 7) is 1.52. The van der Waals surface area contributed by atoms with Gasteiger partial charge in [-0.1, -0.05) is 0 Å². The van der Waals surface area contributed by atoms with Gasteiger partial charge in [0.05, 0.1) is 25.6 Å². The van der Waals surface area contributed by atoms with Crippen LogP contribution in [0.2, 0.25) is 0 Å². The number of ether oxygens (including phenoxy) is 1. The molecule has 3 unspecified atom stereocenters. The third-order valence-electron chi connectivity index (χ3n) is 3.80. The van der Waals surface area contributed by atoms with Crippen molar-refractivity contribution in [2.45, 2.75) is 56.4 Å². The maximum Gasteiger partial charge on any atom is 0.320 e. The summed E-state index contributed by atoms with van der Waals surface area (Å²) in [6, 6.07) is -2.14. The van der Waals surface area contributed by atoms with Crippen molar-refractivity contribution in [1.82, 2.24) is 5.32 Å². The first-order valence-electron chi connectivity index (χ1n) is 9.10. The number of hydrogen-bond donors (Lipinski definition) is 5. The van der Waals surface area contributed by atoms with Crippen LogP contribution < -0.4 is 16.8 Å². The van der Waals surface area contributed by atoms with E-state index in [1.165, 1.54) is 11.8 Å². The van der Waals surface area contributed by atoms with Crippen molar-refractivity contribution in [1.29, 1.82) is 0 Å². The van der Waals surface area contributed by atoms with Crippen LogP contribution in [0.4, 0.5) is 0 Å². The first-order chi connectivity index (χ1) is 13.6. The second-order valence-corrected chi connectivity index (χ2v) is 7.50. The van der Waals surface area contributed by atoms with Crippen molar-refractivity contribution in [3.63, 3.8) is 0 Å². The first kappa shape index (κ1) is 26.8. The third kappa shape index (κ3) is 12.8. The highest BCUT2D eigenvalue weighted by molar-refractivity contribution is 8.00. The molecule has 0 radical (unpaired) electrons.